The molecule has 2 aliphatic rings. The van der Waals surface area contributed by atoms with E-state index < -0.39 is 11.4 Å². The molecular formula is C29H35FN8O. The standard InChI is InChI=1S/C29H35FN8O/c1-2-29(39)12-9-19-3-8-25(36-26(19)29)38-18-24(30)23-17-34-28(37-27(23)38)35-22-6-4-20(5-7-22)32-15-16-33-21-10-13-31-14-11-21/h3-8,17-18,21,31-33,39H,2,9-16H2,1H3,(H,34,35,37)/t29-/m1/s1. The Hall–Kier alpha value is -3.60. The monoisotopic (exact) mass is 530 g/mol. The van der Waals surface area contributed by atoms with E-state index in [0.717, 1.165) is 49.5 Å². The molecule has 4 aromatic rings. The number of aliphatic hydroxyl groups is 1. The van der Waals surface area contributed by atoms with E-state index in [1.54, 1.807) is 4.57 Å². The van der Waals surface area contributed by atoms with Crippen LogP contribution in [0.1, 0.15) is 43.9 Å². The predicted molar refractivity (Wildman–Crippen MR) is 151 cm³/mol. The van der Waals surface area contributed by atoms with Crippen molar-refractivity contribution < 1.29 is 9.50 Å². The number of aryl methyl sites for hydroxylation is 1. The fourth-order valence-corrected chi connectivity index (χ4v) is 5.53. The topological polar surface area (TPSA) is 112 Å². The molecule has 1 saturated heterocycles. The van der Waals surface area contributed by atoms with Gasteiger partial charge in [-0.1, -0.05) is 13.0 Å². The average molecular weight is 531 g/mol. The van der Waals surface area contributed by atoms with E-state index in [4.69, 9.17) is 4.98 Å². The smallest absolute Gasteiger partial charge is 0.229 e. The van der Waals surface area contributed by atoms with E-state index in [1.807, 2.05) is 43.3 Å². The molecule has 204 valence electrons. The molecule has 1 atom stereocenters. The third-order valence-electron chi connectivity index (χ3n) is 7.91. The van der Waals surface area contributed by atoms with Crippen molar-refractivity contribution in [3.63, 3.8) is 0 Å². The second-order valence-electron chi connectivity index (χ2n) is 10.4. The molecule has 1 aliphatic carbocycles. The average Bonchev–Trinajstić information content (AvgIpc) is 3.49. The van der Waals surface area contributed by atoms with Crippen molar-refractivity contribution in [2.75, 3.05) is 36.8 Å². The Kier molecular flexibility index (Phi) is 7.16. The molecule has 39 heavy (non-hydrogen) atoms. The van der Waals surface area contributed by atoms with Crippen LogP contribution in [0, 0.1) is 5.82 Å². The van der Waals surface area contributed by atoms with Gasteiger partial charge in [0.15, 0.2) is 11.5 Å². The molecule has 1 aromatic carbocycles. The Labute approximate surface area is 227 Å². The summed E-state index contributed by atoms with van der Waals surface area (Å²) in [6.45, 7) is 5.91. The van der Waals surface area contributed by atoms with Crippen molar-refractivity contribution in [1.29, 1.82) is 0 Å². The third kappa shape index (κ3) is 5.32. The lowest BCUT2D eigenvalue weighted by Gasteiger charge is -2.23. The second-order valence-corrected chi connectivity index (χ2v) is 10.4. The number of aromatic nitrogens is 4. The van der Waals surface area contributed by atoms with Gasteiger partial charge in [-0.05, 0) is 81.1 Å². The molecule has 9 nitrogen and oxygen atoms in total. The minimum atomic E-state index is -0.945. The summed E-state index contributed by atoms with van der Waals surface area (Å²) in [5, 5.41) is 25.0. The van der Waals surface area contributed by atoms with Crippen LogP contribution >= 0.6 is 0 Å². The molecule has 1 fully saturated rings. The Morgan fingerprint density at radius 1 is 1.08 bits per heavy atom. The van der Waals surface area contributed by atoms with Gasteiger partial charge in [-0.3, -0.25) is 4.57 Å². The minimum absolute atomic E-state index is 0.311. The summed E-state index contributed by atoms with van der Waals surface area (Å²) >= 11 is 0. The van der Waals surface area contributed by atoms with Crippen LogP contribution in [0.5, 0.6) is 0 Å². The summed E-state index contributed by atoms with van der Waals surface area (Å²) < 4.78 is 16.4. The van der Waals surface area contributed by atoms with E-state index >= 15 is 0 Å². The first-order valence-electron chi connectivity index (χ1n) is 13.8. The van der Waals surface area contributed by atoms with Crippen LogP contribution in [0.4, 0.5) is 21.7 Å². The number of nitrogens with zero attached hydrogens (tertiary/aromatic N) is 4. The molecule has 0 bridgehead atoms. The first-order chi connectivity index (χ1) is 19.0. The number of pyridine rings is 1. The minimum Gasteiger partial charge on any atom is -0.384 e. The molecule has 10 heteroatoms. The fraction of sp³-hybridized carbons (Fsp3) is 0.414. The zero-order chi connectivity index (χ0) is 26.8. The number of hydrogen-bond acceptors (Lipinski definition) is 8. The normalized spacial score (nSPS) is 19.4. The molecule has 0 amide bonds. The van der Waals surface area contributed by atoms with Gasteiger partial charge < -0.3 is 26.4 Å². The van der Waals surface area contributed by atoms with Gasteiger partial charge in [-0.25, -0.2) is 14.4 Å². The van der Waals surface area contributed by atoms with Crippen LogP contribution in [-0.4, -0.2) is 56.8 Å². The number of benzene rings is 1. The number of anilines is 3. The van der Waals surface area contributed by atoms with Gasteiger partial charge in [0.2, 0.25) is 5.95 Å². The highest BCUT2D eigenvalue weighted by atomic mass is 19.1. The Bertz CT molecular complexity index is 1450. The molecule has 0 saturated carbocycles. The van der Waals surface area contributed by atoms with Gasteiger partial charge in [-0.2, -0.15) is 4.98 Å². The number of piperidine rings is 1. The number of halogens is 1. The summed E-state index contributed by atoms with van der Waals surface area (Å²) in [7, 11) is 0. The van der Waals surface area contributed by atoms with E-state index in [2.05, 4.69) is 31.2 Å². The van der Waals surface area contributed by atoms with Crippen LogP contribution < -0.4 is 21.3 Å². The lowest BCUT2D eigenvalue weighted by atomic mass is 9.98. The van der Waals surface area contributed by atoms with Crippen molar-refractivity contribution in [1.82, 2.24) is 30.2 Å². The van der Waals surface area contributed by atoms with Gasteiger partial charge in [0.25, 0.3) is 0 Å². The van der Waals surface area contributed by atoms with Crippen molar-refractivity contribution in [3.8, 4) is 5.82 Å². The van der Waals surface area contributed by atoms with Crippen molar-refractivity contribution >= 4 is 28.4 Å². The maximum atomic E-state index is 14.8. The van der Waals surface area contributed by atoms with Crippen LogP contribution in [0.15, 0.2) is 48.8 Å². The number of fused-ring (bicyclic) bond motifs is 2. The molecule has 0 spiro atoms. The first kappa shape index (κ1) is 25.7. The van der Waals surface area contributed by atoms with Crippen LogP contribution in [0.25, 0.3) is 16.9 Å². The highest BCUT2D eigenvalue weighted by Crippen LogP contribution is 2.38. The predicted octanol–water partition coefficient (Wildman–Crippen LogP) is 4.00. The van der Waals surface area contributed by atoms with E-state index in [-0.39, 0.29) is 0 Å². The molecule has 5 N–H and O–H groups in total. The van der Waals surface area contributed by atoms with Crippen molar-refractivity contribution in [2.24, 2.45) is 0 Å². The molecule has 0 unspecified atom stereocenters. The molecule has 1 aliphatic heterocycles. The van der Waals surface area contributed by atoms with Gasteiger partial charge >= 0.3 is 0 Å². The lowest BCUT2D eigenvalue weighted by molar-refractivity contribution is 0.0306. The van der Waals surface area contributed by atoms with Crippen LogP contribution in [0.2, 0.25) is 0 Å². The van der Waals surface area contributed by atoms with Crippen LogP contribution in [-0.2, 0) is 12.0 Å². The third-order valence-corrected chi connectivity index (χ3v) is 7.91. The van der Waals surface area contributed by atoms with E-state index in [1.165, 1.54) is 25.2 Å². The van der Waals surface area contributed by atoms with Gasteiger partial charge in [0, 0.05) is 42.9 Å². The fourth-order valence-electron chi connectivity index (χ4n) is 5.53. The van der Waals surface area contributed by atoms with E-state index in [0.29, 0.717) is 47.4 Å². The molecule has 4 heterocycles. The zero-order valence-corrected chi connectivity index (χ0v) is 22.2. The van der Waals surface area contributed by atoms with Crippen LogP contribution in [0.3, 0.4) is 0 Å². The maximum Gasteiger partial charge on any atom is 0.229 e. The summed E-state index contributed by atoms with van der Waals surface area (Å²) in [5.41, 5.74) is 3.04. The SMILES string of the molecule is CC[C@@]1(O)CCc2ccc(-n3cc(F)c4cnc(Nc5ccc(NCCNC6CCNCC6)cc5)nc43)nc21. The highest BCUT2D eigenvalue weighted by Gasteiger charge is 2.37. The summed E-state index contributed by atoms with van der Waals surface area (Å²) in [6, 6.07) is 12.4. The first-order valence-corrected chi connectivity index (χ1v) is 13.8. The summed E-state index contributed by atoms with van der Waals surface area (Å²) in [6.07, 6.45) is 7.23. The number of rotatable bonds is 9. The molecule has 0 radical (unpaired) electrons. The number of nitrogens with one attached hydrogen (secondary N) is 4. The largest absolute Gasteiger partial charge is 0.384 e. The van der Waals surface area contributed by atoms with Crippen molar-refractivity contribution in [3.05, 3.63) is 65.9 Å². The number of hydrogen-bond donors (Lipinski definition) is 5. The van der Waals surface area contributed by atoms with Gasteiger partial charge in [0.1, 0.15) is 11.4 Å². The molecule has 6 rings (SSSR count). The van der Waals surface area contributed by atoms with Gasteiger partial charge in [-0.15, -0.1) is 0 Å². The Balaban J connectivity index is 1.15. The molecular weight excluding hydrogens is 495 g/mol. The van der Waals surface area contributed by atoms with Crippen molar-refractivity contribution in [2.45, 2.75) is 50.7 Å². The summed E-state index contributed by atoms with van der Waals surface area (Å²) in [4.78, 5) is 13.7. The maximum absolute atomic E-state index is 14.8. The molecule has 3 aromatic heterocycles. The van der Waals surface area contributed by atoms with E-state index in [9.17, 15) is 9.50 Å². The Morgan fingerprint density at radius 3 is 2.67 bits per heavy atom. The summed E-state index contributed by atoms with van der Waals surface area (Å²) in [5.74, 6) is 0.459. The Morgan fingerprint density at radius 2 is 1.87 bits per heavy atom. The quantitative estimate of drug-likeness (QED) is 0.207. The van der Waals surface area contributed by atoms with Gasteiger partial charge in [0.05, 0.1) is 11.1 Å². The highest BCUT2D eigenvalue weighted by molar-refractivity contribution is 5.79. The second kappa shape index (κ2) is 10.9. The zero-order valence-electron chi connectivity index (χ0n) is 22.2. The lowest BCUT2D eigenvalue weighted by Crippen LogP contribution is -2.41.